The molecule has 3 aromatic rings. The average Bonchev–Trinajstić information content (AvgIpc) is 3.24. The van der Waals surface area contributed by atoms with Crippen LogP contribution in [0.2, 0.25) is 0 Å². The fraction of sp³-hybridized carbons (Fsp3) is 0.286. The Morgan fingerprint density at radius 2 is 1.70 bits per heavy atom. The number of aromatic nitrogens is 2. The van der Waals surface area contributed by atoms with E-state index in [1.54, 1.807) is 0 Å². The SMILES string of the molecule is O=C(Nc1ccccc1C(F)(F)F)N1CCC(c2nc(-c3ccccc3)no2)CC1. The molecule has 6 nitrogen and oxygen atoms in total. The first-order valence-electron chi connectivity index (χ1n) is 9.53. The summed E-state index contributed by atoms with van der Waals surface area (Å²) in [5.74, 6) is 1.02. The van der Waals surface area contributed by atoms with E-state index in [2.05, 4.69) is 15.5 Å². The zero-order chi connectivity index (χ0) is 21.1. The minimum absolute atomic E-state index is 0.00136. The van der Waals surface area contributed by atoms with Crippen LogP contribution in [0.4, 0.5) is 23.7 Å². The monoisotopic (exact) mass is 416 g/mol. The van der Waals surface area contributed by atoms with Crippen molar-refractivity contribution in [2.75, 3.05) is 18.4 Å². The second-order valence-corrected chi connectivity index (χ2v) is 7.06. The number of hydrogen-bond acceptors (Lipinski definition) is 4. The van der Waals surface area contributed by atoms with Crippen molar-refractivity contribution >= 4 is 11.7 Å². The van der Waals surface area contributed by atoms with Crippen molar-refractivity contribution < 1.29 is 22.5 Å². The van der Waals surface area contributed by atoms with E-state index in [9.17, 15) is 18.0 Å². The van der Waals surface area contributed by atoms with Gasteiger partial charge < -0.3 is 14.7 Å². The van der Waals surface area contributed by atoms with E-state index < -0.39 is 17.8 Å². The first-order valence-corrected chi connectivity index (χ1v) is 9.53. The molecule has 1 aliphatic heterocycles. The second kappa shape index (κ2) is 8.17. The topological polar surface area (TPSA) is 71.3 Å². The summed E-state index contributed by atoms with van der Waals surface area (Å²) < 4.78 is 44.7. The van der Waals surface area contributed by atoms with Gasteiger partial charge in [-0.15, -0.1) is 0 Å². The lowest BCUT2D eigenvalue weighted by Crippen LogP contribution is -2.40. The molecule has 2 amide bonds. The molecule has 1 fully saturated rings. The van der Waals surface area contributed by atoms with Crippen LogP contribution in [0.15, 0.2) is 59.1 Å². The number of piperidine rings is 1. The van der Waals surface area contributed by atoms with Crippen LogP contribution in [-0.4, -0.2) is 34.2 Å². The number of rotatable bonds is 3. The number of carbonyl (C=O) groups excluding carboxylic acids is 1. The summed E-state index contributed by atoms with van der Waals surface area (Å²) in [5.41, 5.74) is -0.262. The van der Waals surface area contributed by atoms with E-state index in [1.165, 1.54) is 23.1 Å². The Kier molecular flexibility index (Phi) is 5.43. The van der Waals surface area contributed by atoms with Gasteiger partial charge in [0.05, 0.1) is 11.3 Å². The van der Waals surface area contributed by atoms with Gasteiger partial charge >= 0.3 is 12.2 Å². The maximum atomic E-state index is 13.1. The predicted octanol–water partition coefficient (Wildman–Crippen LogP) is 5.17. The molecule has 156 valence electrons. The van der Waals surface area contributed by atoms with Crippen molar-refractivity contribution in [1.29, 1.82) is 0 Å². The number of carbonyl (C=O) groups is 1. The molecule has 0 radical (unpaired) electrons. The van der Waals surface area contributed by atoms with E-state index >= 15 is 0 Å². The van der Waals surface area contributed by atoms with Crippen molar-refractivity contribution in [1.82, 2.24) is 15.0 Å². The summed E-state index contributed by atoms with van der Waals surface area (Å²) in [6, 6.07) is 13.8. The minimum Gasteiger partial charge on any atom is -0.339 e. The van der Waals surface area contributed by atoms with E-state index in [1.807, 2.05) is 30.3 Å². The van der Waals surface area contributed by atoms with Crippen molar-refractivity contribution in [2.45, 2.75) is 24.9 Å². The highest BCUT2D eigenvalue weighted by Crippen LogP contribution is 2.35. The first kappa shape index (κ1) is 19.9. The lowest BCUT2D eigenvalue weighted by Gasteiger charge is -2.30. The molecular formula is C21H19F3N4O2. The van der Waals surface area contributed by atoms with Gasteiger partial charge in [-0.3, -0.25) is 0 Å². The number of urea groups is 1. The van der Waals surface area contributed by atoms with Gasteiger partial charge in [0.25, 0.3) is 0 Å². The third-order valence-corrected chi connectivity index (χ3v) is 5.08. The Hall–Kier alpha value is -3.36. The summed E-state index contributed by atoms with van der Waals surface area (Å²) in [6.07, 6.45) is -3.36. The lowest BCUT2D eigenvalue weighted by molar-refractivity contribution is -0.136. The van der Waals surface area contributed by atoms with Gasteiger partial charge in [-0.25, -0.2) is 4.79 Å². The third kappa shape index (κ3) is 4.29. The summed E-state index contributed by atoms with van der Waals surface area (Å²) >= 11 is 0. The van der Waals surface area contributed by atoms with E-state index in [0.717, 1.165) is 11.6 Å². The van der Waals surface area contributed by atoms with Crippen molar-refractivity contribution in [3.8, 4) is 11.4 Å². The number of nitrogens with zero attached hydrogens (tertiary/aromatic N) is 3. The molecule has 0 atom stereocenters. The zero-order valence-electron chi connectivity index (χ0n) is 15.9. The lowest BCUT2D eigenvalue weighted by atomic mass is 9.97. The van der Waals surface area contributed by atoms with Crippen LogP contribution in [-0.2, 0) is 6.18 Å². The van der Waals surface area contributed by atoms with Crippen LogP contribution in [0.5, 0.6) is 0 Å². The van der Waals surface area contributed by atoms with Crippen LogP contribution >= 0.6 is 0 Å². The van der Waals surface area contributed by atoms with Crippen LogP contribution in [0.25, 0.3) is 11.4 Å². The van der Waals surface area contributed by atoms with Gasteiger partial charge in [-0.2, -0.15) is 18.2 Å². The largest absolute Gasteiger partial charge is 0.418 e. The Morgan fingerprint density at radius 1 is 1.03 bits per heavy atom. The molecule has 4 rings (SSSR count). The average molecular weight is 416 g/mol. The number of nitrogens with one attached hydrogen (secondary N) is 1. The Morgan fingerprint density at radius 3 is 2.40 bits per heavy atom. The normalized spacial score (nSPS) is 15.2. The number of likely N-dealkylation sites (tertiary alicyclic amines) is 1. The van der Waals surface area contributed by atoms with Gasteiger partial charge in [-0.05, 0) is 25.0 Å². The highest BCUT2D eigenvalue weighted by atomic mass is 19.4. The highest BCUT2D eigenvalue weighted by Gasteiger charge is 2.34. The highest BCUT2D eigenvalue weighted by molar-refractivity contribution is 5.90. The molecule has 1 aromatic heterocycles. The predicted molar refractivity (Wildman–Crippen MR) is 104 cm³/mol. The fourth-order valence-electron chi connectivity index (χ4n) is 3.47. The molecule has 2 aromatic carbocycles. The summed E-state index contributed by atoms with van der Waals surface area (Å²) in [5, 5.41) is 6.40. The number of amides is 2. The van der Waals surface area contributed by atoms with Crippen LogP contribution < -0.4 is 5.32 Å². The van der Waals surface area contributed by atoms with E-state index in [-0.39, 0.29) is 11.6 Å². The van der Waals surface area contributed by atoms with Crippen molar-refractivity contribution in [2.24, 2.45) is 0 Å². The number of anilines is 1. The number of alkyl halides is 3. The summed E-state index contributed by atoms with van der Waals surface area (Å²) in [6.45, 7) is 0.765. The number of hydrogen-bond donors (Lipinski definition) is 1. The zero-order valence-corrected chi connectivity index (χ0v) is 15.9. The maximum absolute atomic E-state index is 13.1. The molecule has 2 heterocycles. The smallest absolute Gasteiger partial charge is 0.339 e. The molecule has 1 N–H and O–H groups in total. The van der Waals surface area contributed by atoms with Crippen molar-refractivity contribution in [3.63, 3.8) is 0 Å². The molecule has 0 aliphatic carbocycles. The van der Waals surface area contributed by atoms with Gasteiger partial charge in [0.1, 0.15) is 0 Å². The van der Waals surface area contributed by atoms with Crippen LogP contribution in [0.1, 0.15) is 30.2 Å². The van der Waals surface area contributed by atoms with Crippen LogP contribution in [0.3, 0.4) is 0 Å². The van der Waals surface area contributed by atoms with E-state index in [4.69, 9.17) is 4.52 Å². The van der Waals surface area contributed by atoms with Gasteiger partial charge in [0, 0.05) is 24.6 Å². The maximum Gasteiger partial charge on any atom is 0.418 e. The first-order chi connectivity index (χ1) is 14.4. The number of halogens is 3. The molecule has 0 saturated carbocycles. The molecule has 0 unspecified atom stereocenters. The van der Waals surface area contributed by atoms with Gasteiger partial charge in [0.15, 0.2) is 0 Å². The standard InChI is InChI=1S/C21H19F3N4O2/c22-21(23,24)16-8-4-5-9-17(16)25-20(29)28-12-10-15(11-13-28)19-26-18(27-30-19)14-6-2-1-3-7-14/h1-9,15H,10-13H2,(H,25,29). The molecular weight excluding hydrogens is 397 g/mol. The second-order valence-electron chi connectivity index (χ2n) is 7.06. The Bertz CT molecular complexity index is 1010. The summed E-state index contributed by atoms with van der Waals surface area (Å²) in [7, 11) is 0. The van der Waals surface area contributed by atoms with Crippen molar-refractivity contribution in [3.05, 3.63) is 66.1 Å². The molecule has 0 spiro atoms. The Balaban J connectivity index is 1.37. The molecule has 1 aliphatic rings. The fourth-order valence-corrected chi connectivity index (χ4v) is 3.47. The summed E-state index contributed by atoms with van der Waals surface area (Å²) in [4.78, 5) is 18.4. The van der Waals surface area contributed by atoms with Crippen LogP contribution in [0, 0.1) is 0 Å². The molecule has 9 heteroatoms. The van der Waals surface area contributed by atoms with E-state index in [0.29, 0.717) is 37.6 Å². The van der Waals surface area contributed by atoms with Gasteiger partial charge in [-0.1, -0.05) is 47.6 Å². The number of benzene rings is 2. The molecule has 0 bridgehead atoms. The third-order valence-electron chi connectivity index (χ3n) is 5.08. The number of para-hydroxylation sites is 1. The Labute approximate surface area is 170 Å². The quantitative estimate of drug-likeness (QED) is 0.640. The van der Waals surface area contributed by atoms with Gasteiger partial charge in [0.2, 0.25) is 11.7 Å². The minimum atomic E-state index is -4.54. The molecule has 1 saturated heterocycles. The molecule has 30 heavy (non-hydrogen) atoms.